The van der Waals surface area contributed by atoms with Crippen LogP contribution in [0.4, 0.5) is 0 Å². The number of ketones is 1. The molecule has 0 aliphatic rings. The van der Waals surface area contributed by atoms with Gasteiger partial charge in [0.25, 0.3) is 0 Å². The van der Waals surface area contributed by atoms with E-state index in [4.69, 9.17) is 5.11 Å². The minimum absolute atomic E-state index is 0. The van der Waals surface area contributed by atoms with Crippen molar-refractivity contribution in [3.05, 3.63) is 23.8 Å². The third kappa shape index (κ3) is 2.83. The van der Waals surface area contributed by atoms with Gasteiger partial charge in [-0.05, 0) is 19.1 Å². The van der Waals surface area contributed by atoms with E-state index in [2.05, 4.69) is 12.6 Å². The number of rotatable bonds is 1. The van der Waals surface area contributed by atoms with Gasteiger partial charge in [-0.2, -0.15) is 0 Å². The van der Waals surface area contributed by atoms with Gasteiger partial charge in [0.1, 0.15) is 5.75 Å². The Morgan fingerprint density at radius 2 is 2.17 bits per heavy atom. The monoisotopic (exact) mass is 192 g/mol. The van der Waals surface area contributed by atoms with E-state index in [0.29, 0.717) is 10.5 Å². The molecule has 0 spiro atoms. The van der Waals surface area contributed by atoms with Crippen LogP contribution in [0, 0.1) is 0 Å². The smallest absolute Gasteiger partial charge is 1.00 e. The fourth-order valence-corrected chi connectivity index (χ4v) is 0.882. The van der Waals surface area contributed by atoms with Crippen molar-refractivity contribution in [2.75, 3.05) is 0 Å². The zero-order chi connectivity index (χ0) is 8.43. The molecule has 0 unspecified atom stereocenters. The fourth-order valence-electron chi connectivity index (χ4n) is 0.742. The maximum atomic E-state index is 10.8. The fraction of sp³-hybridized carbons (Fsp3) is 0.125. The molecule has 0 amide bonds. The van der Waals surface area contributed by atoms with Crippen LogP contribution >= 0.6 is 12.6 Å². The van der Waals surface area contributed by atoms with E-state index in [1.165, 1.54) is 13.0 Å². The van der Waals surface area contributed by atoms with Gasteiger partial charge in [-0.15, -0.1) is 12.6 Å². The van der Waals surface area contributed by atoms with Crippen molar-refractivity contribution >= 4 is 18.4 Å². The van der Waals surface area contributed by atoms with Crippen molar-refractivity contribution in [1.82, 2.24) is 0 Å². The number of phenols is 1. The number of phenolic OH excluding ortho intramolecular Hbond substituents is 1. The summed E-state index contributed by atoms with van der Waals surface area (Å²) in [7, 11) is 0. The molecule has 0 atom stereocenters. The molecule has 1 aromatic rings. The standard InChI is InChI=1S/C8H8O2S.Na.H/c1-5(9)6-2-3-8(11)7(10)4-6;;/h2-4,10-11H,1H3;;/q;+1;-1. The molecule has 2 nitrogen and oxygen atoms in total. The minimum atomic E-state index is -0.0615. The molecule has 1 N–H and O–H groups in total. The molecule has 12 heavy (non-hydrogen) atoms. The van der Waals surface area contributed by atoms with Gasteiger partial charge < -0.3 is 6.53 Å². The molecule has 0 radical (unpaired) electrons. The van der Waals surface area contributed by atoms with Crippen LogP contribution in [0.5, 0.6) is 5.75 Å². The van der Waals surface area contributed by atoms with Crippen molar-refractivity contribution < 1.29 is 40.9 Å². The first-order valence-electron chi connectivity index (χ1n) is 3.14. The van der Waals surface area contributed by atoms with Gasteiger partial charge in [0.15, 0.2) is 5.78 Å². The molecule has 60 valence electrons. The molecule has 0 aliphatic heterocycles. The number of hydrogen-bond acceptors (Lipinski definition) is 3. The van der Waals surface area contributed by atoms with Crippen LogP contribution in [0.1, 0.15) is 18.7 Å². The number of benzene rings is 1. The second-order valence-corrected chi connectivity index (χ2v) is 2.74. The van der Waals surface area contributed by atoms with Gasteiger partial charge in [0.05, 0.1) is 0 Å². The maximum Gasteiger partial charge on any atom is 1.00 e. The number of Topliss-reactive ketones (excluding diaryl/α,β-unsaturated/α-hetero) is 1. The maximum absolute atomic E-state index is 10.8. The molecule has 0 saturated heterocycles. The number of hydrogen-bond donors (Lipinski definition) is 2. The van der Waals surface area contributed by atoms with Crippen LogP contribution in [0.2, 0.25) is 0 Å². The van der Waals surface area contributed by atoms with Crippen LogP contribution < -0.4 is 29.6 Å². The summed E-state index contributed by atoms with van der Waals surface area (Å²) in [5.74, 6) is -0.0188. The van der Waals surface area contributed by atoms with E-state index >= 15 is 0 Å². The molecule has 0 heterocycles. The summed E-state index contributed by atoms with van der Waals surface area (Å²) in [5.41, 5.74) is 0.500. The molecule has 0 saturated carbocycles. The average Bonchev–Trinajstić information content (AvgIpc) is 1.94. The van der Waals surface area contributed by atoms with Crippen LogP contribution in [0.15, 0.2) is 23.1 Å². The zero-order valence-electron chi connectivity index (χ0n) is 8.03. The molecule has 0 aromatic heterocycles. The molecule has 0 bridgehead atoms. The van der Waals surface area contributed by atoms with Crippen LogP contribution in [-0.2, 0) is 0 Å². The predicted octanol–water partition coefficient (Wildman–Crippen LogP) is -1.00. The summed E-state index contributed by atoms with van der Waals surface area (Å²) in [6.07, 6.45) is 0. The van der Waals surface area contributed by atoms with Gasteiger partial charge in [-0.3, -0.25) is 4.79 Å². The van der Waals surface area contributed by atoms with Crippen LogP contribution in [-0.4, -0.2) is 10.9 Å². The summed E-state index contributed by atoms with van der Waals surface area (Å²) in [5, 5.41) is 9.12. The Labute approximate surface area is 100 Å². The van der Waals surface area contributed by atoms with Crippen molar-refractivity contribution in [1.29, 1.82) is 0 Å². The van der Waals surface area contributed by atoms with Crippen molar-refractivity contribution in [2.24, 2.45) is 0 Å². The number of carbonyl (C=O) groups is 1. The zero-order valence-corrected chi connectivity index (χ0v) is 9.93. The van der Waals surface area contributed by atoms with Crippen molar-refractivity contribution in [2.45, 2.75) is 11.8 Å². The van der Waals surface area contributed by atoms with Crippen molar-refractivity contribution in [3.8, 4) is 5.75 Å². The first kappa shape index (κ1) is 12.0. The van der Waals surface area contributed by atoms with Gasteiger partial charge in [-0.25, -0.2) is 0 Å². The molecule has 0 fully saturated rings. The van der Waals surface area contributed by atoms with Gasteiger partial charge in [0.2, 0.25) is 0 Å². The van der Waals surface area contributed by atoms with Crippen LogP contribution in [0.25, 0.3) is 0 Å². The SMILES string of the molecule is CC(=O)c1ccc(S)c(O)c1.[H-].[Na+]. The summed E-state index contributed by atoms with van der Waals surface area (Å²) in [6, 6.07) is 4.63. The summed E-state index contributed by atoms with van der Waals surface area (Å²) >= 11 is 3.95. The summed E-state index contributed by atoms with van der Waals surface area (Å²) in [6.45, 7) is 1.45. The predicted molar refractivity (Wildman–Crippen MR) is 46.5 cm³/mol. The largest absolute Gasteiger partial charge is 1.00 e. The Morgan fingerprint density at radius 3 is 2.58 bits per heavy atom. The van der Waals surface area contributed by atoms with E-state index in [9.17, 15) is 4.79 Å². The normalized spacial score (nSPS) is 8.83. The Morgan fingerprint density at radius 1 is 1.58 bits per heavy atom. The third-order valence-corrected chi connectivity index (χ3v) is 1.76. The topological polar surface area (TPSA) is 37.3 Å². The van der Waals surface area contributed by atoms with Gasteiger partial charge in [-0.1, -0.05) is 6.07 Å². The quantitative estimate of drug-likeness (QED) is 0.340. The number of aromatic hydroxyl groups is 1. The summed E-state index contributed by atoms with van der Waals surface area (Å²) in [4.78, 5) is 11.3. The third-order valence-electron chi connectivity index (χ3n) is 1.38. The first-order valence-corrected chi connectivity index (χ1v) is 3.59. The van der Waals surface area contributed by atoms with E-state index in [1.54, 1.807) is 12.1 Å². The molecule has 4 heteroatoms. The first-order chi connectivity index (χ1) is 5.11. The number of carbonyl (C=O) groups excluding carboxylic acids is 1. The minimum Gasteiger partial charge on any atom is -1.00 e. The molecule has 1 rings (SSSR count). The Kier molecular flexibility index (Phi) is 4.94. The molecular formula is C8H9NaO2S. The Bertz CT molecular complexity index is 304. The molecular weight excluding hydrogens is 183 g/mol. The van der Waals surface area contributed by atoms with Crippen LogP contribution in [0.3, 0.4) is 0 Å². The van der Waals surface area contributed by atoms with E-state index in [0.717, 1.165) is 0 Å². The second kappa shape index (κ2) is 4.92. The Balaban J connectivity index is 0. The van der Waals surface area contributed by atoms with Gasteiger partial charge in [0, 0.05) is 10.5 Å². The van der Waals surface area contributed by atoms with E-state index < -0.39 is 0 Å². The summed E-state index contributed by atoms with van der Waals surface area (Å²) < 4.78 is 0. The van der Waals surface area contributed by atoms with Gasteiger partial charge >= 0.3 is 29.6 Å². The second-order valence-electron chi connectivity index (χ2n) is 2.26. The van der Waals surface area contributed by atoms with E-state index in [1.807, 2.05) is 0 Å². The number of thiol groups is 1. The van der Waals surface area contributed by atoms with E-state index in [-0.39, 0.29) is 42.5 Å². The average molecular weight is 192 g/mol. The Hall–Kier alpha value is 0.0400. The molecule has 0 aliphatic carbocycles. The molecule has 1 aromatic carbocycles. The van der Waals surface area contributed by atoms with Crippen molar-refractivity contribution in [3.63, 3.8) is 0 Å².